The Balaban J connectivity index is 2.25. The monoisotopic (exact) mass is 278 g/mol. The van der Waals surface area contributed by atoms with E-state index in [1.165, 1.54) is 12.1 Å². The van der Waals surface area contributed by atoms with Gasteiger partial charge in [0.1, 0.15) is 5.82 Å². The quantitative estimate of drug-likeness (QED) is 0.824. The Labute approximate surface area is 115 Å². The molecule has 19 heavy (non-hydrogen) atoms. The minimum atomic E-state index is -0.666. The van der Waals surface area contributed by atoms with Gasteiger partial charge in [0.2, 0.25) is 0 Å². The summed E-state index contributed by atoms with van der Waals surface area (Å²) < 4.78 is 13.6. The first kappa shape index (κ1) is 13.4. The van der Waals surface area contributed by atoms with E-state index in [2.05, 4.69) is 5.32 Å². The molecule has 0 radical (unpaired) electrons. The number of amides is 1. The van der Waals surface area contributed by atoms with Gasteiger partial charge in [0.15, 0.2) is 0 Å². The van der Waals surface area contributed by atoms with Crippen molar-refractivity contribution in [2.24, 2.45) is 0 Å². The molecule has 0 atom stereocenters. The van der Waals surface area contributed by atoms with Crippen LogP contribution >= 0.6 is 11.6 Å². The van der Waals surface area contributed by atoms with Gasteiger partial charge in [-0.2, -0.15) is 0 Å². The number of halogens is 2. The van der Waals surface area contributed by atoms with Crippen LogP contribution in [0.5, 0.6) is 0 Å². The van der Waals surface area contributed by atoms with Gasteiger partial charge in [0.25, 0.3) is 5.91 Å². The summed E-state index contributed by atoms with van der Waals surface area (Å²) in [5.41, 5.74) is 7.03. The van der Waals surface area contributed by atoms with E-state index in [4.69, 9.17) is 17.3 Å². The molecule has 0 heterocycles. The zero-order chi connectivity index (χ0) is 14.0. The summed E-state index contributed by atoms with van der Waals surface area (Å²) in [6.07, 6.45) is 0. The fourth-order valence-corrected chi connectivity index (χ4v) is 1.91. The van der Waals surface area contributed by atoms with Gasteiger partial charge >= 0.3 is 0 Å². The number of aryl methyl sites for hydroxylation is 1. The second-order valence-corrected chi connectivity index (χ2v) is 4.58. The van der Waals surface area contributed by atoms with E-state index in [0.29, 0.717) is 10.7 Å². The number of nitrogens with one attached hydrogen (secondary N) is 1. The predicted octanol–water partition coefficient (Wildman–Crippen LogP) is 3.62. The molecule has 0 bridgehead atoms. The number of nitrogen functional groups attached to an aromatic ring is 1. The maximum atomic E-state index is 13.6. The Hall–Kier alpha value is -2.07. The van der Waals surface area contributed by atoms with Gasteiger partial charge < -0.3 is 11.1 Å². The Morgan fingerprint density at radius 3 is 2.63 bits per heavy atom. The Morgan fingerprint density at radius 2 is 2.00 bits per heavy atom. The van der Waals surface area contributed by atoms with Crippen LogP contribution in [0.25, 0.3) is 0 Å². The van der Waals surface area contributed by atoms with E-state index < -0.39 is 11.7 Å². The van der Waals surface area contributed by atoms with Crippen molar-refractivity contribution < 1.29 is 9.18 Å². The maximum Gasteiger partial charge on any atom is 0.258 e. The van der Waals surface area contributed by atoms with Crippen LogP contribution in [0.15, 0.2) is 36.4 Å². The molecule has 5 heteroatoms. The SMILES string of the molecule is Cc1ccc(NC(=O)c2ccc(N)cc2F)c(Cl)c1. The molecule has 0 aliphatic heterocycles. The van der Waals surface area contributed by atoms with Crippen molar-refractivity contribution in [3.63, 3.8) is 0 Å². The van der Waals surface area contributed by atoms with Crippen molar-refractivity contribution in [2.75, 3.05) is 11.1 Å². The topological polar surface area (TPSA) is 55.1 Å². The lowest BCUT2D eigenvalue weighted by Crippen LogP contribution is -2.14. The van der Waals surface area contributed by atoms with Crippen LogP contribution in [0.1, 0.15) is 15.9 Å². The third-order valence-corrected chi connectivity index (χ3v) is 2.92. The Bertz CT molecular complexity index is 643. The number of hydrogen-bond donors (Lipinski definition) is 2. The molecule has 0 saturated carbocycles. The molecule has 0 aromatic heterocycles. The fraction of sp³-hybridized carbons (Fsp3) is 0.0714. The van der Waals surface area contributed by atoms with Crippen molar-refractivity contribution in [3.05, 3.63) is 58.4 Å². The molecule has 0 spiro atoms. The highest BCUT2D eigenvalue weighted by molar-refractivity contribution is 6.34. The lowest BCUT2D eigenvalue weighted by molar-refractivity contribution is 0.102. The van der Waals surface area contributed by atoms with Crippen LogP contribution in [-0.4, -0.2) is 5.91 Å². The average Bonchev–Trinajstić information content (AvgIpc) is 2.32. The predicted molar refractivity (Wildman–Crippen MR) is 75.0 cm³/mol. The molecule has 98 valence electrons. The number of carbonyl (C=O) groups is 1. The van der Waals surface area contributed by atoms with Gasteiger partial charge in [-0.05, 0) is 42.8 Å². The van der Waals surface area contributed by atoms with E-state index in [9.17, 15) is 9.18 Å². The lowest BCUT2D eigenvalue weighted by Gasteiger charge is -2.08. The Morgan fingerprint density at radius 1 is 1.26 bits per heavy atom. The second kappa shape index (κ2) is 5.28. The number of hydrogen-bond acceptors (Lipinski definition) is 2. The zero-order valence-electron chi connectivity index (χ0n) is 10.2. The van der Waals surface area contributed by atoms with Gasteiger partial charge in [0.05, 0.1) is 16.3 Å². The van der Waals surface area contributed by atoms with E-state index in [1.54, 1.807) is 18.2 Å². The Kier molecular flexibility index (Phi) is 3.71. The van der Waals surface area contributed by atoms with Crippen LogP contribution < -0.4 is 11.1 Å². The summed E-state index contributed by atoms with van der Waals surface area (Å²) >= 11 is 6.00. The summed E-state index contributed by atoms with van der Waals surface area (Å²) in [5, 5.41) is 2.97. The molecule has 1 amide bonds. The maximum absolute atomic E-state index is 13.6. The highest BCUT2D eigenvalue weighted by atomic mass is 35.5. The lowest BCUT2D eigenvalue weighted by atomic mass is 10.1. The molecular weight excluding hydrogens is 267 g/mol. The summed E-state index contributed by atoms with van der Waals surface area (Å²) in [5.74, 6) is -1.23. The van der Waals surface area contributed by atoms with Crippen molar-refractivity contribution in [1.29, 1.82) is 0 Å². The largest absolute Gasteiger partial charge is 0.399 e. The van der Waals surface area contributed by atoms with Crippen molar-refractivity contribution in [3.8, 4) is 0 Å². The number of benzene rings is 2. The van der Waals surface area contributed by atoms with Crippen LogP contribution in [-0.2, 0) is 0 Å². The first-order chi connectivity index (χ1) is 8.97. The van der Waals surface area contributed by atoms with Crippen molar-refractivity contribution in [1.82, 2.24) is 0 Å². The molecule has 0 saturated heterocycles. The van der Waals surface area contributed by atoms with Crippen molar-refractivity contribution in [2.45, 2.75) is 6.92 Å². The van der Waals surface area contributed by atoms with E-state index in [1.807, 2.05) is 6.92 Å². The fourth-order valence-electron chi connectivity index (χ4n) is 1.63. The standard InChI is InChI=1S/C14H12ClFN2O/c1-8-2-5-13(11(15)6-8)18-14(19)10-4-3-9(17)7-12(10)16/h2-7H,17H2,1H3,(H,18,19). The second-order valence-electron chi connectivity index (χ2n) is 4.18. The molecule has 3 nitrogen and oxygen atoms in total. The minimum Gasteiger partial charge on any atom is -0.399 e. The van der Waals surface area contributed by atoms with E-state index in [-0.39, 0.29) is 11.3 Å². The number of anilines is 2. The molecule has 2 aromatic carbocycles. The van der Waals surface area contributed by atoms with Gasteiger partial charge in [-0.25, -0.2) is 4.39 Å². The third-order valence-electron chi connectivity index (χ3n) is 2.61. The van der Waals surface area contributed by atoms with Crippen LogP contribution in [0.2, 0.25) is 5.02 Å². The molecule has 0 unspecified atom stereocenters. The molecule has 3 N–H and O–H groups in total. The summed E-state index contributed by atoms with van der Waals surface area (Å²) in [4.78, 5) is 11.9. The van der Waals surface area contributed by atoms with Gasteiger partial charge in [0, 0.05) is 5.69 Å². The summed E-state index contributed by atoms with van der Waals surface area (Å²) in [6.45, 7) is 1.89. The smallest absolute Gasteiger partial charge is 0.258 e. The van der Waals surface area contributed by atoms with E-state index in [0.717, 1.165) is 11.6 Å². The molecule has 0 fully saturated rings. The molecule has 0 aliphatic carbocycles. The summed E-state index contributed by atoms with van der Waals surface area (Å²) in [7, 11) is 0. The number of rotatable bonds is 2. The highest BCUT2D eigenvalue weighted by Crippen LogP contribution is 2.23. The molecule has 0 aliphatic rings. The first-order valence-corrected chi connectivity index (χ1v) is 5.97. The molecule has 2 rings (SSSR count). The zero-order valence-corrected chi connectivity index (χ0v) is 11.0. The van der Waals surface area contributed by atoms with Gasteiger partial charge in [-0.1, -0.05) is 17.7 Å². The van der Waals surface area contributed by atoms with Crippen LogP contribution in [0.3, 0.4) is 0 Å². The van der Waals surface area contributed by atoms with Crippen molar-refractivity contribution >= 4 is 28.9 Å². The summed E-state index contributed by atoms with van der Waals surface area (Å²) in [6, 6.07) is 9.10. The van der Waals surface area contributed by atoms with Crippen LogP contribution in [0.4, 0.5) is 15.8 Å². The highest BCUT2D eigenvalue weighted by Gasteiger charge is 2.13. The normalized spacial score (nSPS) is 10.3. The van der Waals surface area contributed by atoms with E-state index >= 15 is 0 Å². The molecule has 2 aromatic rings. The first-order valence-electron chi connectivity index (χ1n) is 5.60. The van der Waals surface area contributed by atoms with Crippen LogP contribution in [0, 0.1) is 12.7 Å². The molecular formula is C14H12ClFN2O. The average molecular weight is 279 g/mol. The van der Waals surface area contributed by atoms with Gasteiger partial charge in [-0.3, -0.25) is 4.79 Å². The number of carbonyl (C=O) groups excluding carboxylic acids is 1. The third kappa shape index (κ3) is 3.03. The minimum absolute atomic E-state index is 0.0779. The van der Waals surface area contributed by atoms with Gasteiger partial charge in [-0.15, -0.1) is 0 Å². The number of nitrogens with two attached hydrogens (primary N) is 1.